The van der Waals surface area contributed by atoms with Gasteiger partial charge in [-0.15, -0.1) is 0 Å². The Kier molecular flexibility index (Phi) is 2.45. The summed E-state index contributed by atoms with van der Waals surface area (Å²) in [5.74, 6) is 2.65. The minimum absolute atomic E-state index is 0.776. The minimum Gasteiger partial charge on any atom is -0.238 e. The number of nitrogens with zero attached hydrogens (tertiary/aromatic N) is 2. The fourth-order valence-corrected chi connectivity index (χ4v) is 3.72. The van der Waals surface area contributed by atoms with Gasteiger partial charge in [-0.1, -0.05) is 12.8 Å². The van der Waals surface area contributed by atoms with Crippen LogP contribution in [0.5, 0.6) is 0 Å². The van der Waals surface area contributed by atoms with Gasteiger partial charge in [0.05, 0.1) is 0 Å². The van der Waals surface area contributed by atoms with Crippen molar-refractivity contribution in [2.45, 2.75) is 58.3 Å². The van der Waals surface area contributed by atoms with Crippen molar-refractivity contribution in [3.05, 3.63) is 22.8 Å². The quantitative estimate of drug-likeness (QED) is 0.665. The van der Waals surface area contributed by atoms with Gasteiger partial charge in [-0.05, 0) is 56.9 Å². The molecular weight excluding hydrogens is 196 g/mol. The summed E-state index contributed by atoms with van der Waals surface area (Å²) >= 11 is 0. The molecule has 1 heterocycles. The summed E-state index contributed by atoms with van der Waals surface area (Å²) in [5, 5.41) is 0. The molecule has 86 valence electrons. The van der Waals surface area contributed by atoms with Gasteiger partial charge in [0.25, 0.3) is 0 Å². The monoisotopic (exact) mass is 216 g/mol. The smallest absolute Gasteiger partial charge is 0.125 e. The first kappa shape index (κ1) is 10.2. The Morgan fingerprint density at radius 3 is 2.69 bits per heavy atom. The second-order valence-electron chi connectivity index (χ2n) is 5.41. The maximum Gasteiger partial charge on any atom is 0.125 e. The summed E-state index contributed by atoms with van der Waals surface area (Å²) < 4.78 is 0. The van der Waals surface area contributed by atoms with E-state index in [0.717, 1.165) is 17.7 Å². The van der Waals surface area contributed by atoms with Gasteiger partial charge in [-0.25, -0.2) is 9.97 Å². The second kappa shape index (κ2) is 3.83. The summed E-state index contributed by atoms with van der Waals surface area (Å²) in [4.78, 5) is 9.22. The van der Waals surface area contributed by atoms with Crippen molar-refractivity contribution < 1.29 is 0 Å². The van der Waals surface area contributed by atoms with Crippen molar-refractivity contribution in [1.82, 2.24) is 9.97 Å². The Hall–Kier alpha value is -0.920. The highest BCUT2D eigenvalue weighted by Crippen LogP contribution is 2.45. The molecule has 0 N–H and O–H groups in total. The lowest BCUT2D eigenvalue weighted by molar-refractivity contribution is 0.271. The lowest BCUT2D eigenvalue weighted by atomic mass is 9.69. The molecule has 1 aromatic heterocycles. The predicted molar refractivity (Wildman–Crippen MR) is 64.5 cm³/mol. The molecule has 0 aromatic carbocycles. The summed E-state index contributed by atoms with van der Waals surface area (Å²) in [7, 11) is 0. The van der Waals surface area contributed by atoms with Crippen LogP contribution < -0.4 is 0 Å². The molecule has 2 atom stereocenters. The molecule has 2 aliphatic carbocycles. The number of rotatable bonds is 0. The zero-order valence-corrected chi connectivity index (χ0v) is 10.3. The van der Waals surface area contributed by atoms with Crippen LogP contribution in [0.25, 0.3) is 0 Å². The number of hydrogen-bond acceptors (Lipinski definition) is 2. The summed E-state index contributed by atoms with van der Waals surface area (Å²) in [5.41, 5.74) is 4.12. The third-order valence-corrected chi connectivity index (χ3v) is 4.36. The van der Waals surface area contributed by atoms with Crippen molar-refractivity contribution >= 4 is 0 Å². The van der Waals surface area contributed by atoms with E-state index in [1.54, 1.807) is 0 Å². The Morgan fingerprint density at radius 2 is 1.81 bits per heavy atom. The normalized spacial score (nSPS) is 28.4. The first-order valence-electron chi connectivity index (χ1n) is 6.59. The molecule has 0 bridgehead atoms. The van der Waals surface area contributed by atoms with Gasteiger partial charge in [0.15, 0.2) is 0 Å². The van der Waals surface area contributed by atoms with Gasteiger partial charge in [0, 0.05) is 11.4 Å². The molecule has 0 saturated heterocycles. The maximum absolute atomic E-state index is 4.65. The van der Waals surface area contributed by atoms with Gasteiger partial charge < -0.3 is 0 Å². The SMILES string of the molecule is Cc1nc(C)c2c(n1)CCC1CCCCC21. The van der Waals surface area contributed by atoms with Crippen molar-refractivity contribution in [1.29, 1.82) is 0 Å². The molecule has 3 rings (SSSR count). The van der Waals surface area contributed by atoms with Crippen LogP contribution in [0, 0.1) is 19.8 Å². The number of fused-ring (bicyclic) bond motifs is 3. The van der Waals surface area contributed by atoms with Gasteiger partial charge in [-0.3, -0.25) is 0 Å². The van der Waals surface area contributed by atoms with E-state index in [-0.39, 0.29) is 0 Å². The van der Waals surface area contributed by atoms with Crippen LogP contribution in [0.1, 0.15) is 60.8 Å². The molecule has 0 radical (unpaired) electrons. The number of aryl methyl sites for hydroxylation is 3. The van der Waals surface area contributed by atoms with E-state index in [4.69, 9.17) is 0 Å². The largest absolute Gasteiger partial charge is 0.238 e. The zero-order valence-electron chi connectivity index (χ0n) is 10.3. The first-order valence-corrected chi connectivity index (χ1v) is 6.59. The van der Waals surface area contributed by atoms with E-state index in [9.17, 15) is 0 Å². The summed E-state index contributed by atoms with van der Waals surface area (Å²) in [6.07, 6.45) is 8.16. The molecule has 16 heavy (non-hydrogen) atoms. The Bertz CT molecular complexity index is 411. The molecule has 0 aliphatic heterocycles. The van der Waals surface area contributed by atoms with E-state index in [2.05, 4.69) is 16.9 Å². The van der Waals surface area contributed by atoms with Crippen LogP contribution >= 0.6 is 0 Å². The average molecular weight is 216 g/mol. The molecule has 1 fully saturated rings. The molecule has 1 saturated carbocycles. The van der Waals surface area contributed by atoms with Crippen molar-refractivity contribution in [3.63, 3.8) is 0 Å². The van der Waals surface area contributed by atoms with Crippen LogP contribution in [0.2, 0.25) is 0 Å². The van der Waals surface area contributed by atoms with Crippen LogP contribution in [0.15, 0.2) is 0 Å². The highest BCUT2D eigenvalue weighted by molar-refractivity contribution is 5.32. The first-order chi connectivity index (χ1) is 7.75. The highest BCUT2D eigenvalue weighted by Gasteiger charge is 2.33. The molecule has 2 nitrogen and oxygen atoms in total. The van der Waals surface area contributed by atoms with Crippen LogP contribution in [0.4, 0.5) is 0 Å². The van der Waals surface area contributed by atoms with E-state index < -0.39 is 0 Å². The molecule has 1 aromatic rings. The summed E-state index contributed by atoms with van der Waals surface area (Å²) in [6, 6.07) is 0. The standard InChI is InChI=1S/C14H20N2/c1-9-14-12-6-4-3-5-11(12)7-8-13(14)16-10(2)15-9/h11-12H,3-8H2,1-2H3. The molecular formula is C14H20N2. The number of hydrogen-bond donors (Lipinski definition) is 0. The lowest BCUT2D eigenvalue weighted by Gasteiger charge is -2.37. The van der Waals surface area contributed by atoms with Crippen molar-refractivity contribution in [3.8, 4) is 0 Å². The van der Waals surface area contributed by atoms with E-state index in [1.165, 1.54) is 55.5 Å². The molecule has 0 amide bonds. The van der Waals surface area contributed by atoms with Crippen molar-refractivity contribution in [2.24, 2.45) is 5.92 Å². The summed E-state index contributed by atoms with van der Waals surface area (Å²) in [6.45, 7) is 4.19. The second-order valence-corrected chi connectivity index (χ2v) is 5.41. The van der Waals surface area contributed by atoms with E-state index >= 15 is 0 Å². The van der Waals surface area contributed by atoms with Crippen LogP contribution in [-0.4, -0.2) is 9.97 Å². The molecule has 0 spiro atoms. The fourth-order valence-electron chi connectivity index (χ4n) is 3.72. The third kappa shape index (κ3) is 1.55. The average Bonchev–Trinajstić information content (AvgIpc) is 2.28. The third-order valence-electron chi connectivity index (χ3n) is 4.36. The van der Waals surface area contributed by atoms with Gasteiger partial charge in [0.2, 0.25) is 0 Å². The molecule has 2 unspecified atom stereocenters. The minimum atomic E-state index is 0.776. The van der Waals surface area contributed by atoms with Crippen molar-refractivity contribution in [2.75, 3.05) is 0 Å². The Morgan fingerprint density at radius 1 is 1.00 bits per heavy atom. The Labute approximate surface area is 97.5 Å². The van der Waals surface area contributed by atoms with Crippen LogP contribution in [0.3, 0.4) is 0 Å². The van der Waals surface area contributed by atoms with Gasteiger partial charge in [0.1, 0.15) is 5.82 Å². The van der Waals surface area contributed by atoms with Gasteiger partial charge >= 0.3 is 0 Å². The van der Waals surface area contributed by atoms with Gasteiger partial charge in [-0.2, -0.15) is 0 Å². The highest BCUT2D eigenvalue weighted by atomic mass is 14.9. The van der Waals surface area contributed by atoms with E-state index in [1.807, 2.05) is 6.92 Å². The molecule has 2 aliphatic rings. The Balaban J connectivity index is 2.07. The van der Waals surface area contributed by atoms with E-state index in [0.29, 0.717) is 0 Å². The lowest BCUT2D eigenvalue weighted by Crippen LogP contribution is -2.26. The van der Waals surface area contributed by atoms with Crippen LogP contribution in [-0.2, 0) is 6.42 Å². The zero-order chi connectivity index (χ0) is 11.1. The molecule has 2 heteroatoms. The topological polar surface area (TPSA) is 25.8 Å². The number of aromatic nitrogens is 2. The fraction of sp³-hybridized carbons (Fsp3) is 0.714. The predicted octanol–water partition coefficient (Wildman–Crippen LogP) is 3.31. The maximum atomic E-state index is 4.65.